The van der Waals surface area contributed by atoms with Crippen LogP contribution in [0.2, 0.25) is 0 Å². The molecule has 2 amide bonds. The first kappa shape index (κ1) is 18.5. The summed E-state index contributed by atoms with van der Waals surface area (Å²) in [6, 6.07) is 3.60. The molecule has 6 heteroatoms. The number of carbonyl (C=O) groups is 1. The van der Waals surface area contributed by atoms with Gasteiger partial charge >= 0.3 is 6.03 Å². The fraction of sp³-hybridized carbons (Fsp3) is 0.667. The van der Waals surface area contributed by atoms with E-state index >= 15 is 0 Å². The Morgan fingerprint density at radius 3 is 2.71 bits per heavy atom. The predicted molar refractivity (Wildman–Crippen MR) is 96.0 cm³/mol. The summed E-state index contributed by atoms with van der Waals surface area (Å²) >= 11 is 0. The number of anilines is 1. The Labute approximate surface area is 144 Å². The molecule has 1 atom stereocenters. The van der Waals surface area contributed by atoms with Crippen molar-refractivity contribution in [2.75, 3.05) is 25.6 Å². The van der Waals surface area contributed by atoms with E-state index in [9.17, 15) is 9.90 Å². The van der Waals surface area contributed by atoms with Gasteiger partial charge in [0, 0.05) is 26.8 Å². The minimum Gasteiger partial charge on any atom is -0.394 e. The number of carbonyl (C=O) groups excluding carboxylic acids is 1. The zero-order valence-corrected chi connectivity index (χ0v) is 15.0. The first-order chi connectivity index (χ1) is 11.4. The van der Waals surface area contributed by atoms with Gasteiger partial charge in [0.1, 0.15) is 5.82 Å². The molecule has 24 heavy (non-hydrogen) atoms. The fourth-order valence-electron chi connectivity index (χ4n) is 3.31. The van der Waals surface area contributed by atoms with Crippen LogP contribution in [0.25, 0.3) is 0 Å². The summed E-state index contributed by atoms with van der Waals surface area (Å²) in [5.74, 6) is 1.19. The number of hydrogen-bond donors (Lipinski definition) is 3. The second-order valence-electron chi connectivity index (χ2n) is 7.13. The molecule has 0 aliphatic heterocycles. The largest absolute Gasteiger partial charge is 0.394 e. The SMILES string of the molecule is CN(C)c1cc(CNC(=O)N[C@@](C)(CO)C2CCCCC2)ccn1. The number of amides is 2. The maximum atomic E-state index is 12.3. The van der Waals surface area contributed by atoms with E-state index in [0.717, 1.165) is 24.2 Å². The van der Waals surface area contributed by atoms with Gasteiger partial charge in [0.2, 0.25) is 0 Å². The van der Waals surface area contributed by atoms with Crippen molar-refractivity contribution < 1.29 is 9.90 Å². The van der Waals surface area contributed by atoms with Gasteiger partial charge in [-0.1, -0.05) is 19.3 Å². The Bertz CT molecular complexity index is 544. The molecule has 0 unspecified atom stereocenters. The van der Waals surface area contributed by atoms with Crippen molar-refractivity contribution >= 4 is 11.8 Å². The van der Waals surface area contributed by atoms with E-state index in [2.05, 4.69) is 15.6 Å². The molecule has 1 heterocycles. The summed E-state index contributed by atoms with van der Waals surface area (Å²) in [6.45, 7) is 2.34. The highest BCUT2D eigenvalue weighted by Gasteiger charge is 2.35. The first-order valence-electron chi connectivity index (χ1n) is 8.74. The topological polar surface area (TPSA) is 77.5 Å². The van der Waals surface area contributed by atoms with Crippen molar-refractivity contribution in [3.05, 3.63) is 23.9 Å². The maximum Gasteiger partial charge on any atom is 0.315 e. The number of aliphatic hydroxyl groups excluding tert-OH is 1. The van der Waals surface area contributed by atoms with Gasteiger partial charge in [-0.3, -0.25) is 0 Å². The lowest BCUT2D eigenvalue weighted by Crippen LogP contribution is -2.57. The van der Waals surface area contributed by atoms with Crippen molar-refractivity contribution in [1.82, 2.24) is 15.6 Å². The zero-order chi connectivity index (χ0) is 17.6. The highest BCUT2D eigenvalue weighted by atomic mass is 16.3. The number of hydrogen-bond acceptors (Lipinski definition) is 4. The van der Waals surface area contributed by atoms with E-state index in [1.54, 1.807) is 6.20 Å². The lowest BCUT2D eigenvalue weighted by Gasteiger charge is -2.39. The smallest absolute Gasteiger partial charge is 0.315 e. The Morgan fingerprint density at radius 1 is 1.38 bits per heavy atom. The number of aromatic nitrogens is 1. The van der Waals surface area contributed by atoms with Crippen molar-refractivity contribution in [1.29, 1.82) is 0 Å². The number of pyridine rings is 1. The second kappa shape index (κ2) is 8.33. The van der Waals surface area contributed by atoms with Crippen molar-refractivity contribution in [3.63, 3.8) is 0 Å². The van der Waals surface area contributed by atoms with Crippen LogP contribution in [0.5, 0.6) is 0 Å². The van der Waals surface area contributed by atoms with Gasteiger partial charge in [-0.15, -0.1) is 0 Å². The van der Waals surface area contributed by atoms with Crippen LogP contribution >= 0.6 is 0 Å². The monoisotopic (exact) mass is 334 g/mol. The molecule has 0 aromatic carbocycles. The third-order valence-electron chi connectivity index (χ3n) is 4.95. The third kappa shape index (κ3) is 4.84. The highest BCUT2D eigenvalue weighted by molar-refractivity contribution is 5.74. The van der Waals surface area contributed by atoms with Gasteiger partial charge in [-0.2, -0.15) is 0 Å². The molecule has 1 saturated carbocycles. The van der Waals surface area contributed by atoms with Gasteiger partial charge in [-0.25, -0.2) is 9.78 Å². The maximum absolute atomic E-state index is 12.3. The van der Waals surface area contributed by atoms with Crippen molar-refractivity contribution in [3.8, 4) is 0 Å². The number of rotatable bonds is 6. The normalized spacial score (nSPS) is 17.8. The molecule has 0 bridgehead atoms. The standard InChI is InChI=1S/C18H30N4O2/c1-18(13-23,15-7-5-4-6-8-15)21-17(24)20-12-14-9-10-19-16(11-14)22(2)3/h9-11,15,23H,4-8,12-13H2,1-3H3,(H2,20,21,24)/t18-/m0/s1. The van der Waals surface area contributed by atoms with Crippen LogP contribution in [0, 0.1) is 5.92 Å². The van der Waals surface area contributed by atoms with Gasteiger partial charge in [-0.05, 0) is 43.4 Å². The molecule has 134 valence electrons. The van der Waals surface area contributed by atoms with Gasteiger partial charge in [0.05, 0.1) is 12.1 Å². The third-order valence-corrected chi connectivity index (χ3v) is 4.95. The van der Waals surface area contributed by atoms with Crippen LogP contribution in [0.4, 0.5) is 10.6 Å². The van der Waals surface area contributed by atoms with Gasteiger partial charge < -0.3 is 20.6 Å². The van der Waals surface area contributed by atoms with Crippen LogP contribution in [-0.4, -0.2) is 42.4 Å². The second-order valence-corrected chi connectivity index (χ2v) is 7.13. The molecule has 2 rings (SSSR count). The summed E-state index contributed by atoms with van der Waals surface area (Å²) < 4.78 is 0. The number of nitrogens with one attached hydrogen (secondary N) is 2. The molecule has 1 aromatic rings. The lowest BCUT2D eigenvalue weighted by atomic mass is 9.76. The first-order valence-corrected chi connectivity index (χ1v) is 8.74. The quantitative estimate of drug-likeness (QED) is 0.746. The van der Waals surface area contributed by atoms with Crippen LogP contribution in [0.1, 0.15) is 44.6 Å². The van der Waals surface area contributed by atoms with E-state index in [0.29, 0.717) is 12.5 Å². The average molecular weight is 334 g/mol. The summed E-state index contributed by atoms with van der Waals surface area (Å²) in [5.41, 5.74) is 0.435. The lowest BCUT2D eigenvalue weighted by molar-refractivity contribution is 0.101. The summed E-state index contributed by atoms with van der Waals surface area (Å²) in [5, 5.41) is 15.7. The van der Waals surface area contributed by atoms with Gasteiger partial charge in [0.15, 0.2) is 0 Å². The minimum absolute atomic E-state index is 0.0366. The molecule has 0 spiro atoms. The molecule has 1 aliphatic carbocycles. The Balaban J connectivity index is 1.90. The molecule has 1 aromatic heterocycles. The molecule has 1 aliphatic rings. The van der Waals surface area contributed by atoms with E-state index in [-0.39, 0.29) is 12.6 Å². The van der Waals surface area contributed by atoms with Crippen LogP contribution in [-0.2, 0) is 6.54 Å². The van der Waals surface area contributed by atoms with E-state index in [4.69, 9.17) is 0 Å². The van der Waals surface area contributed by atoms with Crippen LogP contribution in [0.15, 0.2) is 18.3 Å². The number of urea groups is 1. The molecule has 1 fully saturated rings. The summed E-state index contributed by atoms with van der Waals surface area (Å²) in [4.78, 5) is 18.5. The van der Waals surface area contributed by atoms with Crippen molar-refractivity contribution in [2.45, 2.75) is 51.1 Å². The molecule has 0 radical (unpaired) electrons. The predicted octanol–water partition coefficient (Wildman–Crippen LogP) is 2.28. The highest BCUT2D eigenvalue weighted by Crippen LogP contribution is 2.32. The Kier molecular flexibility index (Phi) is 6.43. The van der Waals surface area contributed by atoms with E-state index in [1.165, 1.54) is 19.3 Å². The molecular weight excluding hydrogens is 304 g/mol. The van der Waals surface area contributed by atoms with Crippen LogP contribution < -0.4 is 15.5 Å². The van der Waals surface area contributed by atoms with Crippen molar-refractivity contribution in [2.24, 2.45) is 5.92 Å². The summed E-state index contributed by atoms with van der Waals surface area (Å²) in [6.07, 6.45) is 7.47. The summed E-state index contributed by atoms with van der Waals surface area (Å²) in [7, 11) is 3.87. The zero-order valence-electron chi connectivity index (χ0n) is 15.0. The van der Waals surface area contributed by atoms with Gasteiger partial charge in [0.25, 0.3) is 0 Å². The molecular formula is C18H30N4O2. The Morgan fingerprint density at radius 2 is 2.08 bits per heavy atom. The van der Waals surface area contributed by atoms with E-state index < -0.39 is 5.54 Å². The Hall–Kier alpha value is -1.82. The fourth-order valence-corrected chi connectivity index (χ4v) is 3.31. The van der Waals surface area contributed by atoms with Crippen LogP contribution in [0.3, 0.4) is 0 Å². The average Bonchev–Trinajstić information content (AvgIpc) is 2.61. The molecule has 3 N–H and O–H groups in total. The number of nitrogens with zero attached hydrogens (tertiary/aromatic N) is 2. The number of aliphatic hydroxyl groups is 1. The minimum atomic E-state index is -0.558. The molecule has 6 nitrogen and oxygen atoms in total. The molecule has 0 saturated heterocycles. The van der Waals surface area contributed by atoms with E-state index in [1.807, 2.05) is 38.1 Å².